The summed E-state index contributed by atoms with van der Waals surface area (Å²) < 4.78 is 10.6. The molecule has 308 valence electrons. The fourth-order valence-corrected chi connectivity index (χ4v) is 14.5. The smallest absolute Gasteiger partial charge is 0.306 e. The highest BCUT2D eigenvalue weighted by Gasteiger charge is 2.68. The average molecular weight is 787 g/mol. The van der Waals surface area contributed by atoms with Gasteiger partial charge in [-0.1, -0.05) is 51.0 Å². The molecule has 0 aromatic carbocycles. The van der Waals surface area contributed by atoms with Gasteiger partial charge in [0, 0.05) is 34.0 Å². The predicted octanol–water partition coefficient (Wildman–Crippen LogP) is 4.90. The summed E-state index contributed by atoms with van der Waals surface area (Å²) in [5, 5.41) is 35.2. The number of ketones is 4. The number of hydrogen-bond donors (Lipinski definition) is 3. The Bertz CT molecular complexity index is 1910. The first-order valence-electron chi connectivity index (χ1n) is 21.2. The van der Waals surface area contributed by atoms with Crippen molar-refractivity contribution in [3.05, 3.63) is 47.6 Å². The molecule has 14 unspecified atom stereocenters. The molecule has 0 heterocycles. The van der Waals surface area contributed by atoms with E-state index < -0.39 is 70.4 Å². The van der Waals surface area contributed by atoms with E-state index in [0.717, 1.165) is 36.8 Å². The Balaban J connectivity index is 0.816. The number of Topliss-reactive ketones (excluding diaryl/α,β-unsaturated/α-hetero) is 2. The summed E-state index contributed by atoms with van der Waals surface area (Å²) in [6, 6.07) is 0. The van der Waals surface area contributed by atoms with Crippen molar-refractivity contribution in [2.24, 2.45) is 63.1 Å². The number of allylic oxidation sites excluding steroid dienone is 8. The number of aliphatic hydroxyl groups is 3. The topological polar surface area (TPSA) is 182 Å². The lowest BCUT2D eigenvalue weighted by molar-refractivity contribution is -0.181. The van der Waals surface area contributed by atoms with Crippen LogP contribution >= 0.6 is 0 Å². The molecule has 0 radical (unpaired) electrons. The Kier molecular flexibility index (Phi) is 9.92. The van der Waals surface area contributed by atoms with Crippen LogP contribution in [-0.4, -0.2) is 81.4 Å². The van der Waals surface area contributed by atoms with Crippen molar-refractivity contribution >= 4 is 35.1 Å². The molecule has 0 saturated heterocycles. The van der Waals surface area contributed by atoms with Gasteiger partial charge in [-0.05, 0) is 118 Å². The molecular weight excluding hydrogens is 728 g/mol. The molecule has 0 aromatic rings. The number of ether oxygens (including phenoxy) is 2. The predicted molar refractivity (Wildman–Crippen MR) is 206 cm³/mol. The number of rotatable bonds is 9. The largest absolute Gasteiger partial charge is 0.458 e. The van der Waals surface area contributed by atoms with E-state index in [2.05, 4.69) is 20.8 Å². The summed E-state index contributed by atoms with van der Waals surface area (Å²) in [5.41, 5.74) is -1.95. The zero-order chi connectivity index (χ0) is 40.9. The van der Waals surface area contributed by atoms with Crippen molar-refractivity contribution < 1.29 is 53.6 Å². The quantitative estimate of drug-likeness (QED) is 0.271. The Morgan fingerprint density at radius 1 is 0.702 bits per heavy atom. The summed E-state index contributed by atoms with van der Waals surface area (Å²) in [6.45, 7) is 7.03. The second kappa shape index (κ2) is 14.0. The lowest BCUT2D eigenvalue weighted by Crippen LogP contribution is -2.61. The minimum atomic E-state index is -1.80. The molecule has 8 rings (SSSR count). The van der Waals surface area contributed by atoms with Crippen molar-refractivity contribution in [3.8, 4) is 0 Å². The lowest BCUT2D eigenvalue weighted by atomic mass is 9.46. The van der Waals surface area contributed by atoms with E-state index in [1.165, 1.54) is 0 Å². The third-order valence-corrected chi connectivity index (χ3v) is 17.3. The molecule has 0 bridgehead atoms. The summed E-state index contributed by atoms with van der Waals surface area (Å²) in [6.07, 6.45) is 14.3. The van der Waals surface area contributed by atoms with Crippen molar-refractivity contribution in [2.45, 2.75) is 123 Å². The average Bonchev–Trinajstić information content (AvgIpc) is 3.64. The number of carbonyl (C=O) groups is 6. The molecule has 11 heteroatoms. The highest BCUT2D eigenvalue weighted by atomic mass is 16.5. The maximum atomic E-state index is 13.7. The Morgan fingerprint density at radius 2 is 1.23 bits per heavy atom. The second-order valence-electron chi connectivity index (χ2n) is 19.8. The molecule has 0 amide bonds. The van der Waals surface area contributed by atoms with E-state index in [1.54, 1.807) is 24.3 Å². The molecule has 11 nitrogen and oxygen atoms in total. The fourth-order valence-electron chi connectivity index (χ4n) is 14.5. The number of carbonyl (C=O) groups excluding carboxylic acids is 6. The van der Waals surface area contributed by atoms with E-state index >= 15 is 0 Å². The van der Waals surface area contributed by atoms with Crippen LogP contribution in [0.5, 0.6) is 0 Å². The van der Waals surface area contributed by atoms with Crippen LogP contribution in [0.4, 0.5) is 0 Å². The van der Waals surface area contributed by atoms with Gasteiger partial charge >= 0.3 is 11.9 Å². The van der Waals surface area contributed by atoms with Gasteiger partial charge < -0.3 is 24.8 Å². The zero-order valence-corrected chi connectivity index (χ0v) is 33.7. The van der Waals surface area contributed by atoms with Gasteiger partial charge in [-0.2, -0.15) is 0 Å². The Hall–Kier alpha value is -3.54. The molecule has 8 aliphatic rings. The number of esters is 2. The first-order chi connectivity index (χ1) is 26.9. The van der Waals surface area contributed by atoms with Crippen LogP contribution in [0.2, 0.25) is 0 Å². The van der Waals surface area contributed by atoms with Gasteiger partial charge in [-0.25, -0.2) is 0 Å². The number of hydrogen-bond acceptors (Lipinski definition) is 11. The van der Waals surface area contributed by atoms with Gasteiger partial charge in [-0.3, -0.25) is 28.8 Å². The Morgan fingerprint density at radius 3 is 1.81 bits per heavy atom. The molecule has 8 aliphatic carbocycles. The van der Waals surface area contributed by atoms with E-state index in [1.807, 2.05) is 19.1 Å². The van der Waals surface area contributed by atoms with Gasteiger partial charge in [0.15, 0.2) is 24.0 Å². The van der Waals surface area contributed by atoms with Crippen LogP contribution in [-0.2, 0) is 38.2 Å². The van der Waals surface area contributed by atoms with E-state index in [0.29, 0.717) is 25.7 Å². The molecule has 6 saturated carbocycles. The summed E-state index contributed by atoms with van der Waals surface area (Å²) in [4.78, 5) is 76.9. The fraction of sp³-hybridized carbons (Fsp3) is 0.696. The van der Waals surface area contributed by atoms with E-state index in [4.69, 9.17) is 9.47 Å². The van der Waals surface area contributed by atoms with Crippen LogP contribution < -0.4 is 0 Å². The highest BCUT2D eigenvalue weighted by molar-refractivity contribution is 6.01. The molecule has 3 N–H and O–H groups in total. The zero-order valence-electron chi connectivity index (χ0n) is 33.7. The molecular formula is C46H58O11. The van der Waals surface area contributed by atoms with Gasteiger partial charge in [0.05, 0.1) is 25.0 Å². The standard InChI is InChI=1S/C46H58O11/c1-42-16-13-27(47)19-25(42)5-7-29-31-9-10-33(44(31,3)21-34(49)40(29)42)36(51)23-56-38(53)11-12-39(54)57-24-37(52)46(55)18-15-32-30-8-6-26-20-28(48)14-17-43(26,2)41(30)35(50)22-45(32,46)4/h13-14,16-17,19-20,29-35,40-41,49-50,55H,5-12,15,18,21-24H2,1-4H3. The van der Waals surface area contributed by atoms with Gasteiger partial charge in [0.25, 0.3) is 0 Å². The highest BCUT2D eigenvalue weighted by Crippen LogP contribution is 2.68. The molecule has 0 aromatic heterocycles. The van der Waals surface area contributed by atoms with Crippen LogP contribution in [0.3, 0.4) is 0 Å². The van der Waals surface area contributed by atoms with Crippen LogP contribution in [0.1, 0.15) is 105 Å². The number of aliphatic hydroxyl groups excluding tert-OH is 2. The molecule has 57 heavy (non-hydrogen) atoms. The molecule has 14 atom stereocenters. The second-order valence-corrected chi connectivity index (χ2v) is 19.8. The van der Waals surface area contributed by atoms with Gasteiger partial charge in [0.2, 0.25) is 5.78 Å². The molecule has 0 spiro atoms. The molecule has 6 fully saturated rings. The van der Waals surface area contributed by atoms with Crippen molar-refractivity contribution in [1.29, 1.82) is 0 Å². The Labute approximate surface area is 334 Å². The van der Waals surface area contributed by atoms with Gasteiger partial charge in [-0.15, -0.1) is 0 Å². The third-order valence-electron chi connectivity index (χ3n) is 17.3. The van der Waals surface area contributed by atoms with Crippen molar-refractivity contribution in [3.63, 3.8) is 0 Å². The lowest BCUT2D eigenvalue weighted by Gasteiger charge is -2.59. The third kappa shape index (κ3) is 6.14. The number of fused-ring (bicyclic) bond motifs is 10. The summed E-state index contributed by atoms with van der Waals surface area (Å²) in [5.74, 6) is -2.56. The van der Waals surface area contributed by atoms with Crippen LogP contribution in [0.15, 0.2) is 47.6 Å². The first kappa shape index (κ1) is 40.2. The minimum absolute atomic E-state index is 0.0139. The van der Waals surface area contributed by atoms with Crippen molar-refractivity contribution in [2.75, 3.05) is 13.2 Å². The molecule has 0 aliphatic heterocycles. The van der Waals surface area contributed by atoms with Gasteiger partial charge in [0.1, 0.15) is 12.2 Å². The maximum Gasteiger partial charge on any atom is 0.306 e. The normalized spacial score (nSPS) is 45.3. The SMILES string of the molecule is CC12C=CC(=O)C=C1CCC1C2C(O)CC2(C)C(C(=O)COC(=O)CCC(=O)OCC(=O)C3(O)CCC4C5CCC6=CC(=O)C=CC6(C)C5C(O)CC43C)CCC12. The first-order valence-corrected chi connectivity index (χ1v) is 21.2. The summed E-state index contributed by atoms with van der Waals surface area (Å²) >= 11 is 0. The van der Waals surface area contributed by atoms with E-state index in [-0.39, 0.29) is 84.5 Å². The van der Waals surface area contributed by atoms with Crippen LogP contribution in [0.25, 0.3) is 0 Å². The van der Waals surface area contributed by atoms with E-state index in [9.17, 15) is 44.1 Å². The summed E-state index contributed by atoms with van der Waals surface area (Å²) in [7, 11) is 0. The van der Waals surface area contributed by atoms with Crippen LogP contribution in [0, 0.1) is 63.1 Å². The van der Waals surface area contributed by atoms with Crippen molar-refractivity contribution in [1.82, 2.24) is 0 Å². The minimum Gasteiger partial charge on any atom is -0.458 e. The maximum absolute atomic E-state index is 13.7. The monoisotopic (exact) mass is 786 g/mol.